The van der Waals surface area contributed by atoms with Crippen molar-refractivity contribution in [3.05, 3.63) is 0 Å². The molecule has 0 unspecified atom stereocenters. The summed E-state index contributed by atoms with van der Waals surface area (Å²) in [6.07, 6.45) is 5.25. The fourth-order valence-corrected chi connectivity index (χ4v) is 2.92. The summed E-state index contributed by atoms with van der Waals surface area (Å²) >= 11 is 0. The highest BCUT2D eigenvalue weighted by Crippen LogP contribution is 2.44. The molecular weight excluding hydrogens is 206 g/mol. The van der Waals surface area contributed by atoms with Gasteiger partial charge in [-0.25, -0.2) is 0 Å². The van der Waals surface area contributed by atoms with Crippen molar-refractivity contribution in [2.24, 2.45) is 5.92 Å². The molecule has 1 saturated heterocycles. The Morgan fingerprint density at radius 2 is 2.12 bits per heavy atom. The fraction of sp³-hybridized carbons (Fsp3) is 0.833. The molecule has 4 nitrogen and oxygen atoms in total. The summed E-state index contributed by atoms with van der Waals surface area (Å²) < 4.78 is 5.47. The monoisotopic (exact) mass is 225 g/mol. The van der Waals surface area contributed by atoms with Crippen LogP contribution in [0.15, 0.2) is 0 Å². The van der Waals surface area contributed by atoms with Crippen LogP contribution in [0.3, 0.4) is 0 Å². The minimum atomic E-state index is -0.478. The van der Waals surface area contributed by atoms with E-state index in [4.69, 9.17) is 4.74 Å². The van der Waals surface area contributed by atoms with Crippen LogP contribution in [0.2, 0.25) is 0 Å². The summed E-state index contributed by atoms with van der Waals surface area (Å²) in [5.74, 6) is -0.492. The Balaban J connectivity index is 2.14. The van der Waals surface area contributed by atoms with Crippen molar-refractivity contribution in [1.82, 2.24) is 5.32 Å². The van der Waals surface area contributed by atoms with Crippen LogP contribution in [0.5, 0.6) is 0 Å². The van der Waals surface area contributed by atoms with Gasteiger partial charge in [-0.2, -0.15) is 0 Å². The van der Waals surface area contributed by atoms with E-state index in [0.29, 0.717) is 6.54 Å². The number of carbonyl (C=O) groups excluding carboxylic acids is 2. The number of rotatable bonds is 2. The highest BCUT2D eigenvalue weighted by Gasteiger charge is 2.52. The summed E-state index contributed by atoms with van der Waals surface area (Å²) in [6.45, 7) is 2.50. The third kappa shape index (κ3) is 1.93. The molecule has 0 aromatic heterocycles. The van der Waals surface area contributed by atoms with E-state index in [2.05, 4.69) is 5.32 Å². The molecule has 1 amide bonds. The average molecular weight is 225 g/mol. The zero-order valence-corrected chi connectivity index (χ0v) is 9.75. The molecular formula is C12H19NO3. The summed E-state index contributed by atoms with van der Waals surface area (Å²) in [7, 11) is 0. The van der Waals surface area contributed by atoms with Gasteiger partial charge in [-0.05, 0) is 32.6 Å². The van der Waals surface area contributed by atoms with Gasteiger partial charge in [-0.15, -0.1) is 0 Å². The Kier molecular flexibility index (Phi) is 3.17. The molecule has 1 aliphatic heterocycles. The van der Waals surface area contributed by atoms with Gasteiger partial charge >= 0.3 is 5.97 Å². The van der Waals surface area contributed by atoms with Crippen molar-refractivity contribution in [3.63, 3.8) is 0 Å². The van der Waals surface area contributed by atoms with Crippen molar-refractivity contribution in [3.8, 4) is 0 Å². The standard InChI is InChI=1S/C12H19NO3/c1-2-13-11(15)9-8-10(14)16-12(9)6-4-3-5-7-12/h9H,2-8H2,1H3,(H,13,15)/t9-/m1/s1. The molecule has 1 atom stereocenters. The second kappa shape index (κ2) is 4.44. The number of amides is 1. The summed E-state index contributed by atoms with van der Waals surface area (Å²) in [6, 6.07) is 0. The molecule has 1 N–H and O–H groups in total. The lowest BCUT2D eigenvalue weighted by Crippen LogP contribution is -2.45. The summed E-state index contributed by atoms with van der Waals surface area (Å²) in [4.78, 5) is 23.4. The Morgan fingerprint density at radius 3 is 2.75 bits per heavy atom. The lowest BCUT2D eigenvalue weighted by molar-refractivity contribution is -0.153. The van der Waals surface area contributed by atoms with Gasteiger partial charge in [-0.3, -0.25) is 9.59 Å². The third-order valence-corrected chi connectivity index (χ3v) is 3.69. The molecule has 16 heavy (non-hydrogen) atoms. The maximum absolute atomic E-state index is 11.9. The number of esters is 1. The van der Waals surface area contributed by atoms with Gasteiger partial charge in [0.15, 0.2) is 0 Å². The zero-order chi connectivity index (χ0) is 11.6. The van der Waals surface area contributed by atoms with Crippen LogP contribution >= 0.6 is 0 Å². The molecule has 0 aromatic rings. The van der Waals surface area contributed by atoms with Crippen LogP contribution in [0.1, 0.15) is 45.4 Å². The Morgan fingerprint density at radius 1 is 1.44 bits per heavy atom. The zero-order valence-electron chi connectivity index (χ0n) is 9.75. The smallest absolute Gasteiger partial charge is 0.307 e. The normalized spacial score (nSPS) is 27.8. The SMILES string of the molecule is CCNC(=O)[C@H]1CC(=O)OC12CCCCC2. The molecule has 90 valence electrons. The lowest BCUT2D eigenvalue weighted by atomic mass is 9.75. The van der Waals surface area contributed by atoms with Crippen molar-refractivity contribution in [2.75, 3.05) is 6.54 Å². The molecule has 0 bridgehead atoms. The largest absolute Gasteiger partial charge is 0.458 e. The molecule has 2 rings (SSSR count). The first kappa shape index (κ1) is 11.4. The number of hydrogen-bond acceptors (Lipinski definition) is 3. The predicted octanol–water partition coefficient (Wildman–Crippen LogP) is 1.39. The van der Waals surface area contributed by atoms with Gasteiger partial charge in [-0.1, -0.05) is 6.42 Å². The molecule has 1 aliphatic carbocycles. The number of carbonyl (C=O) groups is 2. The first-order valence-corrected chi connectivity index (χ1v) is 6.17. The van der Waals surface area contributed by atoms with Crippen LogP contribution in [0, 0.1) is 5.92 Å². The Hall–Kier alpha value is -1.06. The van der Waals surface area contributed by atoms with Crippen molar-refractivity contribution in [1.29, 1.82) is 0 Å². The summed E-state index contributed by atoms with van der Waals surface area (Å²) in [5.41, 5.74) is -0.478. The van der Waals surface area contributed by atoms with E-state index in [1.165, 1.54) is 6.42 Å². The lowest BCUT2D eigenvalue weighted by Gasteiger charge is -2.35. The number of nitrogens with one attached hydrogen (secondary N) is 1. The quantitative estimate of drug-likeness (QED) is 0.722. The van der Waals surface area contributed by atoms with Gasteiger partial charge in [0.05, 0.1) is 12.3 Å². The predicted molar refractivity (Wildman–Crippen MR) is 58.7 cm³/mol. The molecule has 2 fully saturated rings. The second-order valence-corrected chi connectivity index (χ2v) is 4.75. The molecule has 0 aromatic carbocycles. The Bertz CT molecular complexity index is 295. The highest BCUT2D eigenvalue weighted by molar-refractivity contribution is 5.87. The van der Waals surface area contributed by atoms with E-state index in [1.54, 1.807) is 0 Å². The van der Waals surface area contributed by atoms with E-state index < -0.39 is 5.60 Å². The Labute approximate surface area is 95.7 Å². The molecule has 0 radical (unpaired) electrons. The molecule has 2 aliphatic rings. The topological polar surface area (TPSA) is 55.4 Å². The van der Waals surface area contributed by atoms with Crippen molar-refractivity contribution >= 4 is 11.9 Å². The fourth-order valence-electron chi connectivity index (χ4n) is 2.92. The van der Waals surface area contributed by atoms with Crippen molar-refractivity contribution < 1.29 is 14.3 Å². The molecule has 1 heterocycles. The summed E-state index contributed by atoms with van der Waals surface area (Å²) in [5, 5.41) is 2.81. The van der Waals surface area contributed by atoms with Crippen LogP contribution in [-0.4, -0.2) is 24.0 Å². The minimum Gasteiger partial charge on any atom is -0.458 e. The minimum absolute atomic E-state index is 0.0183. The number of hydrogen-bond donors (Lipinski definition) is 1. The van der Waals surface area contributed by atoms with Crippen LogP contribution in [0.25, 0.3) is 0 Å². The maximum Gasteiger partial charge on any atom is 0.307 e. The third-order valence-electron chi connectivity index (χ3n) is 3.69. The van der Waals surface area contributed by atoms with Gasteiger partial charge in [0, 0.05) is 6.54 Å². The van der Waals surface area contributed by atoms with Gasteiger partial charge < -0.3 is 10.1 Å². The molecule has 4 heteroatoms. The van der Waals surface area contributed by atoms with E-state index >= 15 is 0 Å². The van der Waals surface area contributed by atoms with E-state index in [0.717, 1.165) is 25.7 Å². The first-order valence-electron chi connectivity index (χ1n) is 6.17. The van der Waals surface area contributed by atoms with Crippen molar-refractivity contribution in [2.45, 2.75) is 51.0 Å². The first-order chi connectivity index (χ1) is 7.68. The maximum atomic E-state index is 11.9. The van der Waals surface area contributed by atoms with Crippen LogP contribution in [0.4, 0.5) is 0 Å². The van der Waals surface area contributed by atoms with Crippen LogP contribution < -0.4 is 5.32 Å². The highest BCUT2D eigenvalue weighted by atomic mass is 16.6. The second-order valence-electron chi connectivity index (χ2n) is 4.75. The van der Waals surface area contributed by atoms with E-state index in [1.807, 2.05) is 6.92 Å². The van der Waals surface area contributed by atoms with Gasteiger partial charge in [0.1, 0.15) is 5.60 Å². The molecule has 1 saturated carbocycles. The van der Waals surface area contributed by atoms with Gasteiger partial charge in [0.2, 0.25) is 5.91 Å². The van der Waals surface area contributed by atoms with E-state index in [-0.39, 0.29) is 24.2 Å². The van der Waals surface area contributed by atoms with E-state index in [9.17, 15) is 9.59 Å². The average Bonchev–Trinajstić information content (AvgIpc) is 2.57. The van der Waals surface area contributed by atoms with Gasteiger partial charge in [0.25, 0.3) is 0 Å². The van der Waals surface area contributed by atoms with Crippen LogP contribution in [-0.2, 0) is 14.3 Å². The molecule has 1 spiro atoms. The number of ether oxygens (including phenoxy) is 1.